The zero-order valence-electron chi connectivity index (χ0n) is 15.2. The second kappa shape index (κ2) is 9.75. The zero-order valence-corrected chi connectivity index (χ0v) is 16.0. The molecule has 144 valence electrons. The number of amides is 2. The second-order valence-electron chi connectivity index (χ2n) is 6.19. The van der Waals surface area contributed by atoms with E-state index in [1.165, 1.54) is 41.2 Å². The lowest BCUT2D eigenvalue weighted by Gasteiger charge is -2.04. The molecule has 5 nitrogen and oxygen atoms in total. The van der Waals surface area contributed by atoms with Crippen molar-refractivity contribution < 1.29 is 14.0 Å². The summed E-state index contributed by atoms with van der Waals surface area (Å²) in [7, 11) is 0. The molecule has 0 aliphatic heterocycles. The molecule has 0 bridgehead atoms. The van der Waals surface area contributed by atoms with E-state index in [9.17, 15) is 14.0 Å². The standard InChI is InChI=1S/C21H20FN3O2S/c22-17-8-6-16(7-9-17)20(27)25-21-24-18(14-28-21)10-11-19(26)23-13-12-15-4-2-1-3-5-15/h1-9,14H,10-13H2,(H,23,26)(H,24,25,27). The molecule has 0 saturated heterocycles. The number of anilines is 1. The van der Waals surface area contributed by atoms with Crippen LogP contribution in [0.5, 0.6) is 0 Å². The SMILES string of the molecule is O=C(CCc1csc(NC(=O)c2ccc(F)cc2)n1)NCCc1ccccc1. The van der Waals surface area contributed by atoms with Crippen LogP contribution in [-0.4, -0.2) is 23.3 Å². The Morgan fingerprint density at radius 2 is 1.75 bits per heavy atom. The van der Waals surface area contributed by atoms with Gasteiger partial charge in [-0.3, -0.25) is 14.9 Å². The Morgan fingerprint density at radius 1 is 1.00 bits per heavy atom. The molecule has 7 heteroatoms. The number of aryl methyl sites for hydroxylation is 1. The number of carbonyl (C=O) groups is 2. The van der Waals surface area contributed by atoms with Gasteiger partial charge in [0, 0.05) is 23.9 Å². The number of aromatic nitrogens is 1. The van der Waals surface area contributed by atoms with Gasteiger partial charge >= 0.3 is 0 Å². The summed E-state index contributed by atoms with van der Waals surface area (Å²) in [6.45, 7) is 0.596. The molecule has 0 unspecified atom stereocenters. The summed E-state index contributed by atoms with van der Waals surface area (Å²) in [5, 5.41) is 7.86. The van der Waals surface area contributed by atoms with Crippen LogP contribution >= 0.6 is 11.3 Å². The minimum absolute atomic E-state index is 0.0270. The van der Waals surface area contributed by atoms with E-state index >= 15 is 0 Å². The Bertz CT molecular complexity index is 926. The second-order valence-corrected chi connectivity index (χ2v) is 7.05. The van der Waals surface area contributed by atoms with Crippen LogP contribution in [0, 0.1) is 5.82 Å². The number of hydrogen-bond acceptors (Lipinski definition) is 4. The first-order valence-corrected chi connectivity index (χ1v) is 9.80. The molecule has 0 radical (unpaired) electrons. The first-order chi connectivity index (χ1) is 13.6. The molecular formula is C21H20FN3O2S. The van der Waals surface area contributed by atoms with Crippen molar-refractivity contribution in [3.8, 4) is 0 Å². The van der Waals surface area contributed by atoms with Crippen LogP contribution in [0.2, 0.25) is 0 Å². The van der Waals surface area contributed by atoms with Gasteiger partial charge in [-0.1, -0.05) is 30.3 Å². The van der Waals surface area contributed by atoms with E-state index in [1.807, 2.05) is 35.7 Å². The Balaban J connectivity index is 1.41. The summed E-state index contributed by atoms with van der Waals surface area (Å²) in [5.41, 5.74) is 2.29. The molecule has 2 N–H and O–H groups in total. The molecule has 0 saturated carbocycles. The summed E-state index contributed by atoms with van der Waals surface area (Å²) in [6.07, 6.45) is 1.63. The van der Waals surface area contributed by atoms with Gasteiger partial charge in [-0.2, -0.15) is 0 Å². The number of nitrogens with one attached hydrogen (secondary N) is 2. The molecule has 0 aliphatic rings. The van der Waals surface area contributed by atoms with E-state index in [0.717, 1.165) is 12.1 Å². The maximum Gasteiger partial charge on any atom is 0.257 e. The molecule has 3 rings (SSSR count). The predicted octanol–water partition coefficient (Wildman–Crippen LogP) is 3.83. The normalized spacial score (nSPS) is 10.5. The molecule has 2 amide bonds. The summed E-state index contributed by atoms with van der Waals surface area (Å²) >= 11 is 1.29. The van der Waals surface area contributed by atoms with Crippen LogP contribution < -0.4 is 10.6 Å². The quantitative estimate of drug-likeness (QED) is 0.607. The number of carbonyl (C=O) groups excluding carboxylic acids is 2. The van der Waals surface area contributed by atoms with Gasteiger partial charge in [0.2, 0.25) is 5.91 Å². The molecule has 0 atom stereocenters. The molecule has 0 spiro atoms. The average Bonchev–Trinajstić information content (AvgIpc) is 3.15. The van der Waals surface area contributed by atoms with Gasteiger partial charge < -0.3 is 5.32 Å². The van der Waals surface area contributed by atoms with Crippen molar-refractivity contribution in [1.29, 1.82) is 0 Å². The van der Waals surface area contributed by atoms with Crippen molar-refractivity contribution in [2.45, 2.75) is 19.3 Å². The van der Waals surface area contributed by atoms with Crippen LogP contribution in [0.25, 0.3) is 0 Å². The molecule has 2 aromatic carbocycles. The van der Waals surface area contributed by atoms with Gasteiger partial charge in [-0.05, 0) is 42.7 Å². The van der Waals surface area contributed by atoms with Crippen molar-refractivity contribution in [1.82, 2.24) is 10.3 Å². The third-order valence-corrected chi connectivity index (χ3v) is 4.87. The largest absolute Gasteiger partial charge is 0.356 e. The monoisotopic (exact) mass is 397 g/mol. The zero-order chi connectivity index (χ0) is 19.8. The van der Waals surface area contributed by atoms with Crippen molar-refractivity contribution >= 4 is 28.3 Å². The fourth-order valence-electron chi connectivity index (χ4n) is 2.57. The fraction of sp³-hybridized carbons (Fsp3) is 0.190. The minimum Gasteiger partial charge on any atom is -0.356 e. The molecule has 0 fully saturated rings. The summed E-state index contributed by atoms with van der Waals surface area (Å²) in [5.74, 6) is -0.768. The smallest absolute Gasteiger partial charge is 0.257 e. The summed E-state index contributed by atoms with van der Waals surface area (Å²) < 4.78 is 12.9. The highest BCUT2D eigenvalue weighted by atomic mass is 32.1. The Labute approximate surface area is 166 Å². The van der Waals surface area contributed by atoms with E-state index in [2.05, 4.69) is 15.6 Å². The first kappa shape index (κ1) is 19.7. The first-order valence-electron chi connectivity index (χ1n) is 8.92. The Kier molecular flexibility index (Phi) is 6.86. The van der Waals surface area contributed by atoms with E-state index < -0.39 is 5.82 Å². The van der Waals surface area contributed by atoms with Crippen molar-refractivity contribution in [2.24, 2.45) is 0 Å². The highest BCUT2D eigenvalue weighted by molar-refractivity contribution is 7.14. The number of nitrogens with zero attached hydrogens (tertiary/aromatic N) is 1. The van der Waals surface area contributed by atoms with Crippen molar-refractivity contribution in [3.05, 3.63) is 82.6 Å². The molecule has 3 aromatic rings. The third kappa shape index (κ3) is 5.99. The number of benzene rings is 2. The maximum atomic E-state index is 12.9. The summed E-state index contributed by atoms with van der Waals surface area (Å²) in [4.78, 5) is 28.4. The number of rotatable bonds is 8. The van der Waals surface area contributed by atoms with E-state index in [-0.39, 0.29) is 11.8 Å². The van der Waals surface area contributed by atoms with Gasteiger partial charge in [0.25, 0.3) is 5.91 Å². The molecular weight excluding hydrogens is 377 g/mol. The molecule has 1 aromatic heterocycles. The number of thiazole rings is 1. The predicted molar refractivity (Wildman–Crippen MR) is 108 cm³/mol. The van der Waals surface area contributed by atoms with Gasteiger partial charge in [0.15, 0.2) is 5.13 Å². The lowest BCUT2D eigenvalue weighted by molar-refractivity contribution is -0.121. The highest BCUT2D eigenvalue weighted by Gasteiger charge is 2.10. The van der Waals surface area contributed by atoms with Crippen LogP contribution in [0.4, 0.5) is 9.52 Å². The Hall–Kier alpha value is -3.06. The third-order valence-electron chi connectivity index (χ3n) is 4.07. The lowest BCUT2D eigenvalue weighted by Crippen LogP contribution is -2.25. The fourth-order valence-corrected chi connectivity index (χ4v) is 3.31. The maximum absolute atomic E-state index is 12.9. The van der Waals surface area contributed by atoms with Gasteiger partial charge in [-0.15, -0.1) is 11.3 Å². The van der Waals surface area contributed by atoms with Gasteiger partial charge in [-0.25, -0.2) is 9.37 Å². The topological polar surface area (TPSA) is 71.1 Å². The number of halogens is 1. The number of hydrogen-bond donors (Lipinski definition) is 2. The minimum atomic E-state index is -0.393. The van der Waals surface area contributed by atoms with E-state index in [1.54, 1.807) is 0 Å². The molecule has 0 aliphatic carbocycles. The van der Waals surface area contributed by atoms with Gasteiger partial charge in [0.05, 0.1) is 5.69 Å². The molecule has 28 heavy (non-hydrogen) atoms. The van der Waals surface area contributed by atoms with Crippen LogP contribution in [-0.2, 0) is 17.6 Å². The van der Waals surface area contributed by atoms with Crippen LogP contribution in [0.3, 0.4) is 0 Å². The van der Waals surface area contributed by atoms with Crippen LogP contribution in [0.1, 0.15) is 28.0 Å². The van der Waals surface area contributed by atoms with Crippen LogP contribution in [0.15, 0.2) is 60.0 Å². The summed E-state index contributed by atoms with van der Waals surface area (Å²) in [6, 6.07) is 15.3. The van der Waals surface area contributed by atoms with Crippen molar-refractivity contribution in [3.63, 3.8) is 0 Å². The molecule has 1 heterocycles. The highest BCUT2D eigenvalue weighted by Crippen LogP contribution is 2.17. The van der Waals surface area contributed by atoms with E-state index in [4.69, 9.17) is 0 Å². The van der Waals surface area contributed by atoms with Crippen molar-refractivity contribution in [2.75, 3.05) is 11.9 Å². The average molecular weight is 397 g/mol. The van der Waals surface area contributed by atoms with Gasteiger partial charge in [0.1, 0.15) is 5.82 Å². The van der Waals surface area contributed by atoms with E-state index in [0.29, 0.717) is 30.1 Å². The Morgan fingerprint density at radius 3 is 2.50 bits per heavy atom. The lowest BCUT2D eigenvalue weighted by atomic mass is 10.1.